The van der Waals surface area contributed by atoms with Gasteiger partial charge in [-0.05, 0) is 42.8 Å². The predicted octanol–water partition coefficient (Wildman–Crippen LogP) is 2.91. The summed E-state index contributed by atoms with van der Waals surface area (Å²) in [5.74, 6) is -0.817. The lowest BCUT2D eigenvalue weighted by molar-refractivity contribution is 0.0939. The van der Waals surface area contributed by atoms with Crippen LogP contribution in [-0.2, 0) is 0 Å². The molecule has 0 aliphatic rings. The zero-order valence-corrected chi connectivity index (χ0v) is 13.8. The number of amides is 1. The minimum atomic E-state index is -0.569. The van der Waals surface area contributed by atoms with E-state index in [-0.39, 0.29) is 23.3 Å². The first kappa shape index (κ1) is 16.6. The van der Waals surface area contributed by atoms with E-state index >= 15 is 0 Å². The molecular weight excluding hydrogens is 323 g/mol. The van der Waals surface area contributed by atoms with Crippen LogP contribution in [0.3, 0.4) is 0 Å². The molecule has 128 valence electrons. The highest BCUT2D eigenvalue weighted by Crippen LogP contribution is 2.19. The number of methoxy groups -OCH3 is 1. The number of hydrogen-bond acceptors (Lipinski definition) is 4. The van der Waals surface area contributed by atoms with E-state index in [4.69, 9.17) is 4.74 Å². The largest absolute Gasteiger partial charge is 0.494 e. The van der Waals surface area contributed by atoms with Gasteiger partial charge in [-0.2, -0.15) is 5.10 Å². The Bertz CT molecular complexity index is 863. The average molecular weight is 340 g/mol. The summed E-state index contributed by atoms with van der Waals surface area (Å²) in [4.78, 5) is 16.2. The molecule has 7 heteroatoms. The van der Waals surface area contributed by atoms with Crippen molar-refractivity contribution >= 4 is 5.91 Å². The number of ether oxygens (including phenoxy) is 1. The Labute approximate surface area is 144 Å². The molecule has 1 amide bonds. The number of rotatable bonds is 5. The van der Waals surface area contributed by atoms with E-state index in [9.17, 15) is 9.18 Å². The minimum absolute atomic E-state index is 0.105. The van der Waals surface area contributed by atoms with Crippen LogP contribution in [0.4, 0.5) is 4.39 Å². The molecule has 0 radical (unpaired) electrons. The molecule has 0 spiro atoms. The number of halogens is 1. The lowest BCUT2D eigenvalue weighted by atomic mass is 10.1. The number of hydrogen-bond donors (Lipinski definition) is 1. The summed E-state index contributed by atoms with van der Waals surface area (Å²) < 4.78 is 20.2. The van der Waals surface area contributed by atoms with Gasteiger partial charge in [0.1, 0.15) is 12.7 Å². The molecule has 1 unspecified atom stereocenters. The number of aromatic nitrogens is 3. The van der Waals surface area contributed by atoms with E-state index in [1.54, 1.807) is 11.0 Å². The standard InChI is InChI=1S/C18H17FN4O2/c1-12(13-3-6-15(7-4-13)23-11-20-10-21-23)22-18(24)14-5-8-17(25-2)16(19)9-14/h3-12H,1-2H3,(H,22,24). The molecule has 1 heterocycles. The molecule has 1 aromatic heterocycles. The highest BCUT2D eigenvalue weighted by molar-refractivity contribution is 5.94. The third-order valence-electron chi connectivity index (χ3n) is 3.84. The maximum Gasteiger partial charge on any atom is 0.251 e. The van der Waals surface area contributed by atoms with Crippen molar-refractivity contribution in [3.8, 4) is 11.4 Å². The Morgan fingerprint density at radius 2 is 2.00 bits per heavy atom. The smallest absolute Gasteiger partial charge is 0.251 e. The average Bonchev–Trinajstić information content (AvgIpc) is 3.16. The van der Waals surface area contributed by atoms with Crippen molar-refractivity contribution in [2.75, 3.05) is 7.11 Å². The van der Waals surface area contributed by atoms with Crippen LogP contribution >= 0.6 is 0 Å². The molecule has 0 bridgehead atoms. The number of benzene rings is 2. The van der Waals surface area contributed by atoms with Gasteiger partial charge in [0, 0.05) is 5.56 Å². The van der Waals surface area contributed by atoms with Crippen LogP contribution in [0.2, 0.25) is 0 Å². The van der Waals surface area contributed by atoms with Crippen molar-refractivity contribution < 1.29 is 13.9 Å². The second-order valence-corrected chi connectivity index (χ2v) is 5.48. The van der Waals surface area contributed by atoms with Gasteiger partial charge in [0.25, 0.3) is 5.91 Å². The van der Waals surface area contributed by atoms with Gasteiger partial charge < -0.3 is 10.1 Å². The number of nitrogens with one attached hydrogen (secondary N) is 1. The Hall–Kier alpha value is -3.22. The molecule has 1 N–H and O–H groups in total. The normalized spacial score (nSPS) is 11.8. The third kappa shape index (κ3) is 3.65. The maximum atomic E-state index is 13.7. The monoisotopic (exact) mass is 340 g/mol. The van der Waals surface area contributed by atoms with Crippen LogP contribution in [-0.4, -0.2) is 27.8 Å². The van der Waals surface area contributed by atoms with E-state index in [0.29, 0.717) is 0 Å². The quantitative estimate of drug-likeness (QED) is 0.775. The summed E-state index contributed by atoms with van der Waals surface area (Å²) in [7, 11) is 1.38. The summed E-state index contributed by atoms with van der Waals surface area (Å²) >= 11 is 0. The fourth-order valence-electron chi connectivity index (χ4n) is 2.43. The van der Waals surface area contributed by atoms with E-state index in [1.807, 2.05) is 31.2 Å². The Morgan fingerprint density at radius 1 is 1.24 bits per heavy atom. The van der Waals surface area contributed by atoms with Gasteiger partial charge >= 0.3 is 0 Å². The van der Waals surface area contributed by atoms with Crippen molar-refractivity contribution in [2.45, 2.75) is 13.0 Å². The molecule has 2 aromatic carbocycles. The molecule has 0 aliphatic heterocycles. The van der Waals surface area contributed by atoms with E-state index in [1.165, 1.54) is 25.6 Å². The van der Waals surface area contributed by atoms with Crippen molar-refractivity contribution in [1.82, 2.24) is 20.1 Å². The molecule has 3 rings (SSSR count). The van der Waals surface area contributed by atoms with Crippen molar-refractivity contribution in [2.24, 2.45) is 0 Å². The number of nitrogens with zero attached hydrogens (tertiary/aromatic N) is 3. The Kier molecular flexibility index (Phi) is 4.74. The molecule has 0 aliphatic carbocycles. The molecule has 25 heavy (non-hydrogen) atoms. The zero-order valence-electron chi connectivity index (χ0n) is 13.8. The van der Waals surface area contributed by atoms with Crippen LogP contribution in [0.15, 0.2) is 55.1 Å². The highest BCUT2D eigenvalue weighted by atomic mass is 19.1. The molecule has 3 aromatic rings. The van der Waals surface area contributed by atoms with Crippen LogP contribution in [0.1, 0.15) is 28.9 Å². The molecular formula is C18H17FN4O2. The van der Waals surface area contributed by atoms with Gasteiger partial charge in [-0.25, -0.2) is 14.1 Å². The molecule has 0 saturated carbocycles. The summed E-state index contributed by atoms with van der Waals surface area (Å²) in [6, 6.07) is 11.5. The first-order valence-electron chi connectivity index (χ1n) is 7.68. The SMILES string of the molecule is COc1ccc(C(=O)NC(C)c2ccc(-n3cncn3)cc2)cc1F. The van der Waals surface area contributed by atoms with Crippen LogP contribution < -0.4 is 10.1 Å². The number of carbonyl (C=O) groups is 1. The molecule has 1 atom stereocenters. The third-order valence-corrected chi connectivity index (χ3v) is 3.84. The fourth-order valence-corrected chi connectivity index (χ4v) is 2.43. The summed E-state index contributed by atoms with van der Waals surface area (Å²) in [5.41, 5.74) is 2.03. The van der Waals surface area contributed by atoms with Crippen molar-refractivity contribution in [3.05, 3.63) is 72.1 Å². The second kappa shape index (κ2) is 7.12. The summed E-state index contributed by atoms with van der Waals surface area (Å²) in [6.45, 7) is 1.86. The zero-order chi connectivity index (χ0) is 17.8. The van der Waals surface area contributed by atoms with Gasteiger partial charge in [0.2, 0.25) is 0 Å². The highest BCUT2D eigenvalue weighted by Gasteiger charge is 2.14. The topological polar surface area (TPSA) is 69.0 Å². The number of carbonyl (C=O) groups excluding carboxylic acids is 1. The van der Waals surface area contributed by atoms with E-state index in [0.717, 1.165) is 17.3 Å². The summed E-state index contributed by atoms with van der Waals surface area (Å²) in [5, 5.41) is 6.91. The van der Waals surface area contributed by atoms with Gasteiger partial charge in [0.05, 0.1) is 18.8 Å². The van der Waals surface area contributed by atoms with Crippen LogP contribution in [0, 0.1) is 5.82 Å². The Morgan fingerprint density at radius 3 is 2.60 bits per heavy atom. The lowest BCUT2D eigenvalue weighted by Gasteiger charge is -2.15. The first-order chi connectivity index (χ1) is 12.1. The van der Waals surface area contributed by atoms with Crippen molar-refractivity contribution in [1.29, 1.82) is 0 Å². The lowest BCUT2D eigenvalue weighted by Crippen LogP contribution is -2.26. The minimum Gasteiger partial charge on any atom is -0.494 e. The van der Waals surface area contributed by atoms with E-state index in [2.05, 4.69) is 15.4 Å². The summed E-state index contributed by atoms with van der Waals surface area (Å²) in [6.07, 6.45) is 3.07. The first-order valence-corrected chi connectivity index (χ1v) is 7.68. The van der Waals surface area contributed by atoms with Crippen LogP contribution in [0.5, 0.6) is 5.75 Å². The fraction of sp³-hybridized carbons (Fsp3) is 0.167. The van der Waals surface area contributed by atoms with Crippen LogP contribution in [0.25, 0.3) is 5.69 Å². The van der Waals surface area contributed by atoms with Crippen molar-refractivity contribution in [3.63, 3.8) is 0 Å². The second-order valence-electron chi connectivity index (χ2n) is 5.48. The van der Waals surface area contributed by atoms with Gasteiger partial charge in [0.15, 0.2) is 11.6 Å². The maximum absolute atomic E-state index is 13.7. The Balaban J connectivity index is 1.70. The molecule has 0 saturated heterocycles. The predicted molar refractivity (Wildman–Crippen MR) is 90.2 cm³/mol. The van der Waals surface area contributed by atoms with E-state index < -0.39 is 5.82 Å². The molecule has 0 fully saturated rings. The van der Waals surface area contributed by atoms with Gasteiger partial charge in [-0.1, -0.05) is 12.1 Å². The molecule has 6 nitrogen and oxygen atoms in total. The van der Waals surface area contributed by atoms with Gasteiger partial charge in [-0.3, -0.25) is 4.79 Å². The van der Waals surface area contributed by atoms with Gasteiger partial charge in [-0.15, -0.1) is 0 Å².